The summed E-state index contributed by atoms with van der Waals surface area (Å²) in [5.41, 5.74) is 0.922. The molecule has 4 heteroatoms. The van der Waals surface area contributed by atoms with Crippen molar-refractivity contribution in [1.29, 1.82) is 5.26 Å². The number of carbonyl (C=O) groups is 1. The summed E-state index contributed by atoms with van der Waals surface area (Å²) in [6.45, 7) is 1.77. The van der Waals surface area contributed by atoms with Crippen LogP contribution in [0.4, 0.5) is 0 Å². The van der Waals surface area contributed by atoms with E-state index in [1.807, 2.05) is 36.4 Å². The fourth-order valence-electron chi connectivity index (χ4n) is 2.10. The summed E-state index contributed by atoms with van der Waals surface area (Å²) in [5, 5.41) is 21.9. The molecule has 2 aromatic carbocycles. The number of benzene rings is 2. The lowest BCUT2D eigenvalue weighted by Crippen LogP contribution is -2.37. The molecule has 23 heavy (non-hydrogen) atoms. The van der Waals surface area contributed by atoms with Crippen molar-refractivity contribution in [2.75, 3.05) is 6.54 Å². The highest BCUT2D eigenvalue weighted by atomic mass is 16.3. The Morgan fingerprint density at radius 3 is 2.70 bits per heavy atom. The molecular formula is C19H18N2O2. The zero-order valence-corrected chi connectivity index (χ0v) is 12.9. The fourth-order valence-corrected chi connectivity index (χ4v) is 2.10. The molecule has 2 N–H and O–H groups in total. The molecule has 0 fully saturated rings. The first-order valence-electron chi connectivity index (χ1n) is 7.25. The standard InChI is InChI=1S/C19H18N2O2/c1-19(23,17-8-3-2-4-9-17)14-21-18(22)11-10-15-6-5-7-16(12-15)13-20/h2-12,23H,14H2,1H3,(H,21,22)/b11-10+/t19-/m0/s1. The van der Waals surface area contributed by atoms with Gasteiger partial charge in [-0.25, -0.2) is 0 Å². The molecular weight excluding hydrogens is 288 g/mol. The maximum absolute atomic E-state index is 11.9. The second-order valence-corrected chi connectivity index (χ2v) is 5.43. The maximum Gasteiger partial charge on any atom is 0.244 e. The SMILES string of the molecule is C[C@](O)(CNC(=O)/C=C/c1cccc(C#N)c1)c1ccccc1. The number of hydrogen-bond donors (Lipinski definition) is 2. The van der Waals surface area contributed by atoms with Crippen molar-refractivity contribution >= 4 is 12.0 Å². The maximum atomic E-state index is 11.9. The van der Waals surface area contributed by atoms with Crippen molar-refractivity contribution in [3.8, 4) is 6.07 Å². The normalized spacial score (nSPS) is 13.3. The lowest BCUT2D eigenvalue weighted by molar-refractivity contribution is -0.117. The third kappa shape index (κ3) is 4.80. The second-order valence-electron chi connectivity index (χ2n) is 5.43. The molecule has 2 rings (SSSR count). The topological polar surface area (TPSA) is 73.1 Å². The van der Waals surface area contributed by atoms with Crippen LogP contribution in [-0.2, 0) is 10.4 Å². The highest BCUT2D eigenvalue weighted by molar-refractivity contribution is 5.91. The Labute approximate surface area is 135 Å². The first-order valence-corrected chi connectivity index (χ1v) is 7.25. The van der Waals surface area contributed by atoms with E-state index in [9.17, 15) is 9.90 Å². The quantitative estimate of drug-likeness (QED) is 0.834. The van der Waals surface area contributed by atoms with E-state index < -0.39 is 5.60 Å². The van der Waals surface area contributed by atoms with Gasteiger partial charge in [-0.1, -0.05) is 42.5 Å². The van der Waals surface area contributed by atoms with Crippen LogP contribution in [0.1, 0.15) is 23.6 Å². The van der Waals surface area contributed by atoms with Crippen LogP contribution >= 0.6 is 0 Å². The van der Waals surface area contributed by atoms with Gasteiger partial charge in [0, 0.05) is 6.08 Å². The van der Waals surface area contributed by atoms with Gasteiger partial charge in [0.1, 0.15) is 5.60 Å². The molecule has 0 aliphatic carbocycles. The summed E-state index contributed by atoms with van der Waals surface area (Å²) in [7, 11) is 0. The summed E-state index contributed by atoms with van der Waals surface area (Å²) in [6.07, 6.45) is 3.02. The van der Waals surface area contributed by atoms with Gasteiger partial charge in [0.15, 0.2) is 0 Å². The summed E-state index contributed by atoms with van der Waals surface area (Å²) >= 11 is 0. The van der Waals surface area contributed by atoms with E-state index in [2.05, 4.69) is 11.4 Å². The van der Waals surface area contributed by atoms with Crippen molar-refractivity contribution in [1.82, 2.24) is 5.32 Å². The molecule has 4 nitrogen and oxygen atoms in total. The number of amides is 1. The number of nitrogens with zero attached hydrogens (tertiary/aromatic N) is 1. The van der Waals surface area contributed by atoms with Crippen LogP contribution in [0.15, 0.2) is 60.7 Å². The molecule has 2 aromatic rings. The summed E-state index contributed by atoms with van der Waals surface area (Å²) in [6, 6.07) is 18.2. The molecule has 0 spiro atoms. The zero-order valence-electron chi connectivity index (χ0n) is 12.9. The van der Waals surface area contributed by atoms with Gasteiger partial charge in [-0.3, -0.25) is 4.79 Å². The monoisotopic (exact) mass is 306 g/mol. The van der Waals surface area contributed by atoms with E-state index >= 15 is 0 Å². The molecule has 1 atom stereocenters. The molecule has 0 unspecified atom stereocenters. The molecule has 0 radical (unpaired) electrons. The van der Waals surface area contributed by atoms with Crippen LogP contribution in [0.2, 0.25) is 0 Å². The molecule has 0 saturated heterocycles. The van der Waals surface area contributed by atoms with Gasteiger partial charge in [0.2, 0.25) is 5.91 Å². The Bertz CT molecular complexity index is 743. The van der Waals surface area contributed by atoms with Gasteiger partial charge in [-0.05, 0) is 36.3 Å². The number of hydrogen-bond acceptors (Lipinski definition) is 3. The van der Waals surface area contributed by atoms with Gasteiger partial charge in [0.25, 0.3) is 0 Å². The van der Waals surface area contributed by atoms with Crippen LogP contribution in [0.5, 0.6) is 0 Å². The lowest BCUT2D eigenvalue weighted by atomic mass is 9.96. The van der Waals surface area contributed by atoms with Crippen LogP contribution in [0.25, 0.3) is 6.08 Å². The average Bonchev–Trinajstić information content (AvgIpc) is 2.59. The molecule has 0 saturated carbocycles. The van der Waals surface area contributed by atoms with E-state index in [-0.39, 0.29) is 12.5 Å². The van der Waals surface area contributed by atoms with Gasteiger partial charge in [-0.2, -0.15) is 5.26 Å². The van der Waals surface area contributed by atoms with E-state index in [1.54, 1.807) is 31.2 Å². The third-order valence-corrected chi connectivity index (χ3v) is 3.45. The molecule has 0 aromatic heterocycles. The summed E-state index contributed by atoms with van der Waals surface area (Å²) < 4.78 is 0. The minimum absolute atomic E-state index is 0.110. The van der Waals surface area contributed by atoms with Gasteiger partial charge in [0.05, 0.1) is 18.2 Å². The average molecular weight is 306 g/mol. The molecule has 1 amide bonds. The van der Waals surface area contributed by atoms with Crippen molar-refractivity contribution in [2.45, 2.75) is 12.5 Å². The van der Waals surface area contributed by atoms with Crippen molar-refractivity contribution < 1.29 is 9.90 Å². The number of nitrogens with one attached hydrogen (secondary N) is 1. The first kappa shape index (κ1) is 16.5. The summed E-state index contributed by atoms with van der Waals surface area (Å²) in [5.74, 6) is -0.302. The van der Waals surface area contributed by atoms with Crippen LogP contribution in [0, 0.1) is 11.3 Å². The van der Waals surface area contributed by atoms with E-state index in [0.717, 1.165) is 11.1 Å². The van der Waals surface area contributed by atoms with Gasteiger partial charge in [-0.15, -0.1) is 0 Å². The Balaban J connectivity index is 1.95. The largest absolute Gasteiger partial charge is 0.384 e. The van der Waals surface area contributed by atoms with Crippen LogP contribution in [-0.4, -0.2) is 17.6 Å². The minimum atomic E-state index is -1.13. The Morgan fingerprint density at radius 2 is 2.00 bits per heavy atom. The second kappa shape index (κ2) is 7.39. The zero-order chi connectivity index (χ0) is 16.7. The predicted octanol–water partition coefficient (Wildman–Crippen LogP) is 2.60. The molecule has 0 bridgehead atoms. The molecule has 0 aliphatic rings. The highest BCUT2D eigenvalue weighted by Gasteiger charge is 2.22. The van der Waals surface area contributed by atoms with Crippen molar-refractivity contribution in [3.05, 3.63) is 77.4 Å². The fraction of sp³-hybridized carbons (Fsp3) is 0.158. The Morgan fingerprint density at radius 1 is 1.26 bits per heavy atom. The molecule has 0 heterocycles. The number of carbonyl (C=O) groups excluding carboxylic acids is 1. The van der Waals surface area contributed by atoms with E-state index in [1.165, 1.54) is 6.08 Å². The number of aliphatic hydroxyl groups is 1. The number of rotatable bonds is 5. The Hall–Kier alpha value is -2.90. The summed E-state index contributed by atoms with van der Waals surface area (Å²) in [4.78, 5) is 11.9. The van der Waals surface area contributed by atoms with Gasteiger partial charge < -0.3 is 10.4 Å². The predicted molar refractivity (Wildman–Crippen MR) is 89.2 cm³/mol. The molecule has 0 aliphatic heterocycles. The van der Waals surface area contributed by atoms with Crippen molar-refractivity contribution in [3.63, 3.8) is 0 Å². The van der Waals surface area contributed by atoms with E-state index in [4.69, 9.17) is 5.26 Å². The van der Waals surface area contributed by atoms with Crippen molar-refractivity contribution in [2.24, 2.45) is 0 Å². The Kier molecular flexibility index (Phi) is 5.29. The third-order valence-electron chi connectivity index (χ3n) is 3.45. The minimum Gasteiger partial charge on any atom is -0.384 e. The first-order chi connectivity index (χ1) is 11.0. The van der Waals surface area contributed by atoms with Crippen LogP contribution in [0.3, 0.4) is 0 Å². The lowest BCUT2D eigenvalue weighted by Gasteiger charge is -2.23. The molecule has 116 valence electrons. The smallest absolute Gasteiger partial charge is 0.244 e. The van der Waals surface area contributed by atoms with Crippen LogP contribution < -0.4 is 5.32 Å². The van der Waals surface area contributed by atoms with E-state index in [0.29, 0.717) is 5.56 Å². The number of nitriles is 1. The van der Waals surface area contributed by atoms with Gasteiger partial charge >= 0.3 is 0 Å². The highest BCUT2D eigenvalue weighted by Crippen LogP contribution is 2.18.